The maximum atomic E-state index is 6.06. The van der Waals surface area contributed by atoms with E-state index in [1.807, 2.05) is 19.1 Å². The Morgan fingerprint density at radius 1 is 1.25 bits per heavy atom. The van der Waals surface area contributed by atoms with Crippen LogP contribution in [0.1, 0.15) is 16.7 Å². The highest BCUT2D eigenvalue weighted by atomic mass is 35.5. The lowest BCUT2D eigenvalue weighted by atomic mass is 10.0. The molecule has 0 aliphatic heterocycles. The summed E-state index contributed by atoms with van der Waals surface area (Å²) < 4.78 is 0. The number of hydrogen-bond acceptors (Lipinski definition) is 0. The molecule has 12 heavy (non-hydrogen) atoms. The first-order chi connectivity index (χ1) is 5.70. The van der Waals surface area contributed by atoms with Gasteiger partial charge >= 0.3 is 0 Å². The second kappa shape index (κ2) is 3.59. The molecule has 0 aliphatic rings. The van der Waals surface area contributed by atoms with Crippen LogP contribution >= 0.6 is 11.6 Å². The molecule has 0 bridgehead atoms. The Morgan fingerprint density at radius 3 is 2.42 bits per heavy atom. The number of rotatable bonds is 2. The van der Waals surface area contributed by atoms with Gasteiger partial charge < -0.3 is 0 Å². The van der Waals surface area contributed by atoms with Crippen LogP contribution in [0.5, 0.6) is 0 Å². The lowest BCUT2D eigenvalue weighted by Gasteiger charge is -2.05. The standard InChI is InChI=1S/C11H11Cl/c1-4-9-7-6-8(3)11(12)10(9)5-2/h4-7H,1-2H2,3H3. The molecule has 1 aromatic rings. The maximum Gasteiger partial charge on any atom is 0.0513 e. The zero-order valence-electron chi connectivity index (χ0n) is 7.10. The summed E-state index contributed by atoms with van der Waals surface area (Å²) in [7, 11) is 0. The minimum Gasteiger partial charge on any atom is -0.0984 e. The van der Waals surface area contributed by atoms with Gasteiger partial charge in [0.25, 0.3) is 0 Å². The molecule has 1 rings (SSSR count). The molecule has 0 saturated carbocycles. The fourth-order valence-electron chi connectivity index (χ4n) is 1.10. The normalized spacial score (nSPS) is 9.50. The van der Waals surface area contributed by atoms with E-state index < -0.39 is 0 Å². The highest BCUT2D eigenvalue weighted by molar-refractivity contribution is 6.33. The van der Waals surface area contributed by atoms with Gasteiger partial charge in [-0.25, -0.2) is 0 Å². The van der Waals surface area contributed by atoms with Gasteiger partial charge in [0.1, 0.15) is 0 Å². The van der Waals surface area contributed by atoms with Crippen LogP contribution < -0.4 is 0 Å². The van der Waals surface area contributed by atoms with Crippen molar-refractivity contribution in [1.29, 1.82) is 0 Å². The van der Waals surface area contributed by atoms with Crippen LogP contribution in [0.25, 0.3) is 12.2 Å². The first kappa shape index (κ1) is 9.08. The van der Waals surface area contributed by atoms with Crippen LogP contribution in [0.4, 0.5) is 0 Å². The molecular formula is C11H11Cl. The van der Waals surface area contributed by atoms with Crippen LogP contribution in [0, 0.1) is 6.92 Å². The molecule has 1 heteroatoms. The summed E-state index contributed by atoms with van der Waals surface area (Å²) >= 11 is 6.06. The SMILES string of the molecule is C=Cc1ccc(C)c(Cl)c1C=C. The van der Waals surface area contributed by atoms with Gasteiger partial charge in [-0.15, -0.1) is 0 Å². The Bertz CT molecular complexity index is 324. The van der Waals surface area contributed by atoms with Crippen molar-refractivity contribution < 1.29 is 0 Å². The molecule has 1 aromatic carbocycles. The predicted molar refractivity (Wildman–Crippen MR) is 56.4 cm³/mol. The third kappa shape index (κ3) is 1.44. The van der Waals surface area contributed by atoms with Gasteiger partial charge in [0.2, 0.25) is 0 Å². The summed E-state index contributed by atoms with van der Waals surface area (Å²) in [5, 5.41) is 0.766. The third-order valence-corrected chi connectivity index (χ3v) is 2.33. The van der Waals surface area contributed by atoms with Crippen molar-refractivity contribution in [2.24, 2.45) is 0 Å². The smallest absolute Gasteiger partial charge is 0.0513 e. The van der Waals surface area contributed by atoms with Crippen molar-refractivity contribution in [2.75, 3.05) is 0 Å². The van der Waals surface area contributed by atoms with Crippen LogP contribution in [0.2, 0.25) is 5.02 Å². The van der Waals surface area contributed by atoms with Crippen LogP contribution in [0.3, 0.4) is 0 Å². The molecule has 0 fully saturated rings. The molecule has 0 atom stereocenters. The van der Waals surface area contributed by atoms with Crippen LogP contribution in [-0.4, -0.2) is 0 Å². The zero-order chi connectivity index (χ0) is 9.14. The molecule has 0 amide bonds. The number of hydrogen-bond donors (Lipinski definition) is 0. The Balaban J connectivity index is 3.45. The Kier molecular flexibility index (Phi) is 2.72. The van der Waals surface area contributed by atoms with E-state index in [9.17, 15) is 0 Å². The van der Waals surface area contributed by atoms with E-state index in [0.29, 0.717) is 0 Å². The second-order valence-corrected chi connectivity index (χ2v) is 2.99. The zero-order valence-corrected chi connectivity index (χ0v) is 7.86. The minimum atomic E-state index is 0.766. The van der Waals surface area contributed by atoms with Gasteiger partial charge in [0, 0.05) is 0 Å². The molecule has 0 heterocycles. The van der Waals surface area contributed by atoms with E-state index in [-0.39, 0.29) is 0 Å². The average molecular weight is 179 g/mol. The van der Waals surface area contributed by atoms with Gasteiger partial charge in [-0.3, -0.25) is 0 Å². The summed E-state index contributed by atoms with van der Waals surface area (Å²) in [4.78, 5) is 0. The largest absolute Gasteiger partial charge is 0.0984 e. The predicted octanol–water partition coefficient (Wildman–Crippen LogP) is 3.93. The lowest BCUT2D eigenvalue weighted by molar-refractivity contribution is 1.44. The van der Waals surface area contributed by atoms with E-state index in [0.717, 1.165) is 21.7 Å². The van der Waals surface area contributed by atoms with Crippen molar-refractivity contribution in [1.82, 2.24) is 0 Å². The molecule has 0 N–H and O–H groups in total. The van der Waals surface area contributed by atoms with Crippen molar-refractivity contribution in [3.8, 4) is 0 Å². The van der Waals surface area contributed by atoms with Gasteiger partial charge in [-0.1, -0.05) is 49.0 Å². The van der Waals surface area contributed by atoms with Gasteiger partial charge in [0.05, 0.1) is 5.02 Å². The van der Waals surface area contributed by atoms with E-state index in [1.165, 1.54) is 0 Å². The maximum absolute atomic E-state index is 6.06. The van der Waals surface area contributed by atoms with Crippen molar-refractivity contribution in [2.45, 2.75) is 6.92 Å². The number of aryl methyl sites for hydroxylation is 1. The van der Waals surface area contributed by atoms with Crippen molar-refractivity contribution >= 4 is 23.8 Å². The van der Waals surface area contributed by atoms with Gasteiger partial charge in [0.15, 0.2) is 0 Å². The second-order valence-electron chi connectivity index (χ2n) is 2.61. The Morgan fingerprint density at radius 2 is 1.92 bits per heavy atom. The molecular weight excluding hydrogens is 168 g/mol. The minimum absolute atomic E-state index is 0.766. The highest BCUT2D eigenvalue weighted by Gasteiger charge is 2.03. The molecule has 0 aliphatic carbocycles. The molecule has 0 aromatic heterocycles. The summed E-state index contributed by atoms with van der Waals surface area (Å²) in [5.41, 5.74) is 3.06. The van der Waals surface area contributed by atoms with E-state index in [2.05, 4.69) is 13.2 Å². The molecule has 0 radical (unpaired) electrons. The molecule has 0 spiro atoms. The van der Waals surface area contributed by atoms with Crippen molar-refractivity contribution in [3.05, 3.63) is 47.0 Å². The highest BCUT2D eigenvalue weighted by Crippen LogP contribution is 2.25. The Hall–Kier alpha value is -1.01. The monoisotopic (exact) mass is 178 g/mol. The van der Waals surface area contributed by atoms with Gasteiger partial charge in [-0.05, 0) is 23.6 Å². The quantitative estimate of drug-likeness (QED) is 0.644. The topological polar surface area (TPSA) is 0 Å². The van der Waals surface area contributed by atoms with E-state index >= 15 is 0 Å². The van der Waals surface area contributed by atoms with Crippen LogP contribution in [-0.2, 0) is 0 Å². The lowest BCUT2D eigenvalue weighted by Crippen LogP contribution is -1.85. The molecule has 0 nitrogen and oxygen atoms in total. The third-order valence-electron chi connectivity index (χ3n) is 1.83. The fraction of sp³-hybridized carbons (Fsp3) is 0.0909. The molecule has 62 valence electrons. The van der Waals surface area contributed by atoms with Gasteiger partial charge in [-0.2, -0.15) is 0 Å². The Labute approximate surface area is 78.2 Å². The summed E-state index contributed by atoms with van der Waals surface area (Å²) in [5.74, 6) is 0. The average Bonchev–Trinajstić information content (AvgIpc) is 2.09. The van der Waals surface area contributed by atoms with E-state index in [4.69, 9.17) is 11.6 Å². The first-order valence-electron chi connectivity index (χ1n) is 3.74. The summed E-state index contributed by atoms with van der Waals surface area (Å²) in [6.45, 7) is 9.39. The summed E-state index contributed by atoms with van der Waals surface area (Å²) in [6, 6.07) is 3.97. The summed E-state index contributed by atoms with van der Waals surface area (Å²) in [6.07, 6.45) is 3.54. The van der Waals surface area contributed by atoms with Crippen molar-refractivity contribution in [3.63, 3.8) is 0 Å². The van der Waals surface area contributed by atoms with E-state index in [1.54, 1.807) is 12.2 Å². The van der Waals surface area contributed by atoms with Crippen LogP contribution in [0.15, 0.2) is 25.3 Å². The fourth-order valence-corrected chi connectivity index (χ4v) is 1.35. The molecule has 0 saturated heterocycles. The first-order valence-corrected chi connectivity index (χ1v) is 4.12. The number of benzene rings is 1. The molecule has 0 unspecified atom stereocenters. The number of halogens is 1.